The molecular formula is C34H55Cl3NO9P. The van der Waals surface area contributed by atoms with Crippen molar-refractivity contribution in [1.82, 2.24) is 5.32 Å². The number of unbranched alkanes of at least 4 members (excludes halogenated alkanes) is 12. The monoisotopic (exact) mass is 757 g/mol. The minimum absolute atomic E-state index is 0.0893. The van der Waals surface area contributed by atoms with E-state index in [0.717, 1.165) is 24.8 Å². The lowest BCUT2D eigenvalue weighted by Gasteiger charge is -2.44. The standard InChI is InChI=1S/C34H55Cl3NO9P/c1-4-5-6-7-8-9-10-11-12-13-14-15-19-22-28(39)46-31-29(38-33(41)44-25-34(35,36)37)32(40)45-27(30(31)47-48(2,3)42)24-43-23-26-20-17-16-18-21-26/h16-18,20-21,27,29-32,40H,4-15,19,22-25H2,1-3H3,(H,38,41)/t27?,29?,30-,31-,32+/m1/s1. The first-order valence-electron chi connectivity index (χ1n) is 17.2. The predicted octanol–water partition coefficient (Wildman–Crippen LogP) is 8.70. The second-order valence-electron chi connectivity index (χ2n) is 12.7. The van der Waals surface area contributed by atoms with E-state index in [4.69, 9.17) is 58.3 Å². The fourth-order valence-corrected chi connectivity index (χ4v) is 6.46. The van der Waals surface area contributed by atoms with Crippen LogP contribution in [0.5, 0.6) is 0 Å². The van der Waals surface area contributed by atoms with Crippen molar-refractivity contribution in [3.05, 3.63) is 35.9 Å². The molecule has 0 spiro atoms. The molecule has 2 unspecified atom stereocenters. The van der Waals surface area contributed by atoms with Crippen molar-refractivity contribution in [1.29, 1.82) is 0 Å². The number of ether oxygens (including phenoxy) is 4. The molecule has 1 amide bonds. The number of carbonyl (C=O) groups excluding carboxylic acids is 2. The van der Waals surface area contributed by atoms with Crippen molar-refractivity contribution in [2.24, 2.45) is 0 Å². The van der Waals surface area contributed by atoms with Crippen LogP contribution < -0.4 is 5.32 Å². The zero-order valence-corrected chi connectivity index (χ0v) is 31.8. The number of carbonyl (C=O) groups is 2. The number of amides is 1. The summed E-state index contributed by atoms with van der Waals surface area (Å²) in [5.74, 6) is -0.557. The number of alkyl carbamates (subject to hydrolysis) is 1. The van der Waals surface area contributed by atoms with Gasteiger partial charge in [0.1, 0.15) is 24.9 Å². The number of halogens is 3. The van der Waals surface area contributed by atoms with Crippen LogP contribution in [0.25, 0.3) is 0 Å². The molecule has 1 saturated heterocycles. The Bertz CT molecular complexity index is 1090. The van der Waals surface area contributed by atoms with E-state index in [1.54, 1.807) is 0 Å². The number of benzene rings is 1. The molecule has 276 valence electrons. The summed E-state index contributed by atoms with van der Waals surface area (Å²) in [5, 5.41) is 13.4. The summed E-state index contributed by atoms with van der Waals surface area (Å²) >= 11 is 17.1. The SMILES string of the molecule is CCCCCCCCCCCCCCCC(=O)O[C@@H]1C(NC(=O)OCC(Cl)(Cl)Cl)[C@@H](O)OC(COCc2ccccc2)[C@H]1OP(C)(C)=O. The van der Waals surface area contributed by atoms with Crippen LogP contribution in [-0.4, -0.2) is 78.1 Å². The number of aliphatic hydroxyl groups excluding tert-OH is 1. The lowest BCUT2D eigenvalue weighted by molar-refractivity contribution is -0.256. The molecule has 1 aliphatic rings. The third kappa shape index (κ3) is 19.3. The number of hydrogen-bond donors (Lipinski definition) is 2. The summed E-state index contributed by atoms with van der Waals surface area (Å²) in [6, 6.07) is 8.06. The van der Waals surface area contributed by atoms with E-state index < -0.39 is 60.5 Å². The molecule has 0 bridgehead atoms. The van der Waals surface area contributed by atoms with Crippen LogP contribution in [0.4, 0.5) is 4.79 Å². The zero-order valence-electron chi connectivity index (χ0n) is 28.6. The van der Waals surface area contributed by atoms with Gasteiger partial charge < -0.3 is 33.9 Å². The summed E-state index contributed by atoms with van der Waals surface area (Å²) in [4.78, 5) is 25.7. The summed E-state index contributed by atoms with van der Waals surface area (Å²) in [6.07, 6.45) is 9.10. The maximum Gasteiger partial charge on any atom is 0.407 e. The van der Waals surface area contributed by atoms with Gasteiger partial charge in [-0.2, -0.15) is 0 Å². The van der Waals surface area contributed by atoms with Crippen molar-refractivity contribution >= 4 is 54.2 Å². The molecule has 1 fully saturated rings. The lowest BCUT2D eigenvalue weighted by atomic mass is 9.96. The highest BCUT2D eigenvalue weighted by Gasteiger charge is 2.50. The normalized spacial score (nSPS) is 21.5. The Morgan fingerprint density at radius 1 is 0.896 bits per heavy atom. The summed E-state index contributed by atoms with van der Waals surface area (Å²) in [5.41, 5.74) is 0.903. The van der Waals surface area contributed by atoms with Gasteiger partial charge in [-0.25, -0.2) is 4.79 Å². The number of esters is 1. The topological polar surface area (TPSA) is 130 Å². The van der Waals surface area contributed by atoms with E-state index in [9.17, 15) is 19.3 Å². The van der Waals surface area contributed by atoms with Gasteiger partial charge in [-0.3, -0.25) is 9.36 Å². The minimum Gasteiger partial charge on any atom is -0.457 e. The van der Waals surface area contributed by atoms with E-state index in [1.165, 1.54) is 71.1 Å². The average Bonchev–Trinajstić information content (AvgIpc) is 3.01. The molecule has 0 saturated carbocycles. The van der Waals surface area contributed by atoms with Crippen LogP contribution >= 0.6 is 42.2 Å². The Hall–Kier alpha value is -1.10. The number of aliphatic hydroxyl groups is 1. The Balaban J connectivity index is 1.99. The molecular weight excluding hydrogens is 704 g/mol. The second kappa shape index (κ2) is 23.4. The van der Waals surface area contributed by atoms with E-state index in [2.05, 4.69) is 12.2 Å². The highest BCUT2D eigenvalue weighted by atomic mass is 35.6. The third-order valence-corrected chi connectivity index (χ3v) is 8.92. The van der Waals surface area contributed by atoms with Gasteiger partial charge >= 0.3 is 12.1 Å². The third-order valence-electron chi connectivity index (χ3n) is 7.84. The van der Waals surface area contributed by atoms with Gasteiger partial charge in [0, 0.05) is 19.8 Å². The second-order valence-corrected chi connectivity index (χ2v) is 17.9. The first-order chi connectivity index (χ1) is 22.8. The number of alkyl halides is 3. The molecule has 1 heterocycles. The first kappa shape index (κ1) is 43.1. The summed E-state index contributed by atoms with van der Waals surface area (Å²) in [7, 11) is -3.21. The predicted molar refractivity (Wildman–Crippen MR) is 190 cm³/mol. The van der Waals surface area contributed by atoms with Crippen LogP contribution in [-0.2, 0) is 39.4 Å². The van der Waals surface area contributed by atoms with Gasteiger partial charge in [0.25, 0.3) is 0 Å². The summed E-state index contributed by atoms with van der Waals surface area (Å²) in [6.45, 7) is 4.61. The highest BCUT2D eigenvalue weighted by Crippen LogP contribution is 2.43. The molecule has 48 heavy (non-hydrogen) atoms. The Kier molecular flexibility index (Phi) is 21.0. The van der Waals surface area contributed by atoms with E-state index in [0.29, 0.717) is 6.42 Å². The van der Waals surface area contributed by atoms with Crippen molar-refractivity contribution in [3.8, 4) is 0 Å². The van der Waals surface area contributed by atoms with Gasteiger partial charge in [0.15, 0.2) is 19.8 Å². The van der Waals surface area contributed by atoms with Crippen LogP contribution in [0.2, 0.25) is 0 Å². The van der Waals surface area contributed by atoms with Crippen LogP contribution in [0, 0.1) is 0 Å². The molecule has 2 N–H and O–H groups in total. The number of hydrogen-bond acceptors (Lipinski definition) is 9. The Labute approximate surface area is 301 Å². The Morgan fingerprint density at radius 2 is 1.46 bits per heavy atom. The van der Waals surface area contributed by atoms with E-state index in [1.807, 2.05) is 30.3 Å². The van der Waals surface area contributed by atoms with Crippen LogP contribution in [0.15, 0.2) is 30.3 Å². The van der Waals surface area contributed by atoms with E-state index >= 15 is 0 Å². The van der Waals surface area contributed by atoms with Crippen LogP contribution in [0.1, 0.15) is 102 Å². The molecule has 14 heteroatoms. The average molecular weight is 759 g/mol. The van der Waals surface area contributed by atoms with Crippen molar-refractivity contribution < 1.29 is 42.7 Å². The van der Waals surface area contributed by atoms with Crippen molar-refractivity contribution in [2.45, 2.75) is 138 Å². The van der Waals surface area contributed by atoms with Gasteiger partial charge in [-0.05, 0) is 12.0 Å². The maximum absolute atomic E-state index is 13.1. The minimum atomic E-state index is -3.21. The molecule has 2 rings (SSSR count). The molecule has 5 atom stereocenters. The fraction of sp³-hybridized carbons (Fsp3) is 0.765. The number of rotatable bonds is 23. The van der Waals surface area contributed by atoms with Crippen LogP contribution in [0.3, 0.4) is 0 Å². The van der Waals surface area contributed by atoms with Gasteiger partial charge in [0.2, 0.25) is 3.79 Å². The molecule has 10 nitrogen and oxygen atoms in total. The quantitative estimate of drug-likeness (QED) is 0.0487. The van der Waals surface area contributed by atoms with Crippen molar-refractivity contribution in [3.63, 3.8) is 0 Å². The van der Waals surface area contributed by atoms with Gasteiger partial charge in [-0.15, -0.1) is 0 Å². The molecule has 0 radical (unpaired) electrons. The molecule has 0 aromatic heterocycles. The maximum atomic E-state index is 13.1. The smallest absolute Gasteiger partial charge is 0.407 e. The largest absolute Gasteiger partial charge is 0.457 e. The van der Waals surface area contributed by atoms with E-state index in [-0.39, 0.29) is 19.6 Å². The lowest BCUT2D eigenvalue weighted by Crippen LogP contribution is -2.65. The fourth-order valence-electron chi connectivity index (χ4n) is 5.46. The highest BCUT2D eigenvalue weighted by molar-refractivity contribution is 7.57. The molecule has 1 aromatic rings. The first-order valence-corrected chi connectivity index (χ1v) is 20.8. The van der Waals surface area contributed by atoms with Gasteiger partial charge in [0.05, 0.1) is 13.2 Å². The zero-order chi connectivity index (χ0) is 35.4. The van der Waals surface area contributed by atoms with Gasteiger partial charge in [-0.1, -0.05) is 149 Å². The molecule has 1 aliphatic heterocycles. The Morgan fingerprint density at radius 3 is 2.00 bits per heavy atom. The number of nitrogens with one attached hydrogen (secondary N) is 1. The molecule has 0 aliphatic carbocycles. The summed E-state index contributed by atoms with van der Waals surface area (Å²) < 4.78 is 39.4. The van der Waals surface area contributed by atoms with Crippen molar-refractivity contribution in [2.75, 3.05) is 26.5 Å². The molecule has 1 aromatic carbocycles.